The van der Waals surface area contributed by atoms with Gasteiger partial charge in [0.25, 0.3) is 5.91 Å². The summed E-state index contributed by atoms with van der Waals surface area (Å²) in [5, 5.41) is 2.41. The first kappa shape index (κ1) is 20.4. The molecule has 1 aromatic rings. The molecule has 1 fully saturated rings. The Morgan fingerprint density at radius 2 is 2.00 bits per heavy atom. The lowest BCUT2D eigenvalue weighted by atomic mass is 10.1. The van der Waals surface area contributed by atoms with E-state index >= 15 is 0 Å². The fourth-order valence-electron chi connectivity index (χ4n) is 2.91. The van der Waals surface area contributed by atoms with Gasteiger partial charge in [-0.1, -0.05) is 25.1 Å². The van der Waals surface area contributed by atoms with E-state index in [-0.39, 0.29) is 31.3 Å². The van der Waals surface area contributed by atoms with E-state index in [1.165, 1.54) is 19.0 Å². The standard InChI is InChI=1S/C19H25N3O5/c1-4-13-7-5-6-8-15(13)22-10-14(9-17(22)24)19(26)27-12-18(25)21(3)11-16(23)20-2/h5-8,14H,4,9-12H2,1-3H3,(H,20,23)/t14-/m1/s1. The second-order valence-corrected chi connectivity index (χ2v) is 6.42. The molecule has 1 saturated heterocycles. The molecule has 1 atom stereocenters. The quantitative estimate of drug-likeness (QED) is 0.694. The van der Waals surface area contributed by atoms with Crippen LogP contribution in [0.2, 0.25) is 0 Å². The van der Waals surface area contributed by atoms with E-state index < -0.39 is 24.4 Å². The summed E-state index contributed by atoms with van der Waals surface area (Å²) >= 11 is 0. The summed E-state index contributed by atoms with van der Waals surface area (Å²) in [6.07, 6.45) is 0.834. The number of benzene rings is 1. The van der Waals surface area contributed by atoms with Gasteiger partial charge in [-0.15, -0.1) is 0 Å². The number of likely N-dealkylation sites (N-methyl/N-ethyl adjacent to an activating group) is 2. The Hall–Kier alpha value is -2.90. The number of carbonyl (C=O) groups excluding carboxylic acids is 4. The molecule has 0 radical (unpaired) electrons. The molecule has 1 aliphatic heterocycles. The third-order valence-corrected chi connectivity index (χ3v) is 4.54. The molecular formula is C19H25N3O5. The normalized spacial score (nSPS) is 16.2. The van der Waals surface area contributed by atoms with Gasteiger partial charge in [0.1, 0.15) is 0 Å². The third-order valence-electron chi connectivity index (χ3n) is 4.54. The van der Waals surface area contributed by atoms with Gasteiger partial charge in [-0.3, -0.25) is 19.2 Å². The van der Waals surface area contributed by atoms with Crippen molar-refractivity contribution in [3.8, 4) is 0 Å². The molecule has 3 amide bonds. The van der Waals surface area contributed by atoms with Gasteiger partial charge in [0.15, 0.2) is 6.61 Å². The van der Waals surface area contributed by atoms with Crippen molar-refractivity contribution in [3.63, 3.8) is 0 Å². The number of hydrogen-bond donors (Lipinski definition) is 1. The van der Waals surface area contributed by atoms with Gasteiger partial charge >= 0.3 is 5.97 Å². The molecule has 0 spiro atoms. The summed E-state index contributed by atoms with van der Waals surface area (Å²) in [4.78, 5) is 50.6. The molecule has 0 aromatic heterocycles. The first-order chi connectivity index (χ1) is 12.9. The van der Waals surface area contributed by atoms with Crippen LogP contribution < -0.4 is 10.2 Å². The lowest BCUT2D eigenvalue weighted by molar-refractivity contribution is -0.155. The first-order valence-corrected chi connectivity index (χ1v) is 8.86. The maximum atomic E-state index is 12.4. The molecule has 0 aliphatic carbocycles. The number of ether oxygens (including phenoxy) is 1. The molecule has 1 aliphatic rings. The minimum Gasteiger partial charge on any atom is -0.455 e. The Kier molecular flexibility index (Phi) is 6.92. The number of para-hydroxylation sites is 1. The van der Waals surface area contributed by atoms with Crippen LogP contribution in [0.25, 0.3) is 0 Å². The zero-order chi connectivity index (χ0) is 20.0. The predicted molar refractivity (Wildman–Crippen MR) is 98.9 cm³/mol. The van der Waals surface area contributed by atoms with Crippen molar-refractivity contribution in [2.45, 2.75) is 19.8 Å². The summed E-state index contributed by atoms with van der Waals surface area (Å²) in [5.41, 5.74) is 1.84. The zero-order valence-electron chi connectivity index (χ0n) is 15.9. The molecule has 0 saturated carbocycles. The molecular weight excluding hydrogens is 350 g/mol. The van der Waals surface area contributed by atoms with Crippen LogP contribution in [-0.2, 0) is 30.3 Å². The lowest BCUT2D eigenvalue weighted by Crippen LogP contribution is -2.39. The Morgan fingerprint density at radius 1 is 1.30 bits per heavy atom. The van der Waals surface area contributed by atoms with Gasteiger partial charge in [0.05, 0.1) is 12.5 Å². The van der Waals surface area contributed by atoms with E-state index in [1.807, 2.05) is 31.2 Å². The summed E-state index contributed by atoms with van der Waals surface area (Å²) < 4.78 is 5.07. The van der Waals surface area contributed by atoms with Crippen molar-refractivity contribution in [2.75, 3.05) is 38.7 Å². The van der Waals surface area contributed by atoms with E-state index in [0.29, 0.717) is 0 Å². The highest BCUT2D eigenvalue weighted by Gasteiger charge is 2.37. The molecule has 8 nitrogen and oxygen atoms in total. The van der Waals surface area contributed by atoms with Gasteiger partial charge in [0.2, 0.25) is 11.8 Å². The molecule has 0 unspecified atom stereocenters. The molecule has 146 valence electrons. The van der Waals surface area contributed by atoms with E-state index in [9.17, 15) is 19.2 Å². The van der Waals surface area contributed by atoms with Crippen molar-refractivity contribution in [1.82, 2.24) is 10.2 Å². The molecule has 1 heterocycles. The lowest BCUT2D eigenvalue weighted by Gasteiger charge is -2.20. The van der Waals surface area contributed by atoms with Crippen LogP contribution in [0.3, 0.4) is 0 Å². The van der Waals surface area contributed by atoms with Crippen LogP contribution in [0.1, 0.15) is 18.9 Å². The maximum absolute atomic E-state index is 12.4. The van der Waals surface area contributed by atoms with Crippen molar-refractivity contribution in [3.05, 3.63) is 29.8 Å². The Morgan fingerprint density at radius 3 is 2.67 bits per heavy atom. The smallest absolute Gasteiger partial charge is 0.311 e. The zero-order valence-corrected chi connectivity index (χ0v) is 15.9. The second kappa shape index (κ2) is 9.16. The minimum absolute atomic E-state index is 0.0547. The number of aryl methyl sites for hydroxylation is 1. The van der Waals surface area contributed by atoms with Crippen LogP contribution in [0.4, 0.5) is 5.69 Å². The number of carbonyl (C=O) groups is 4. The van der Waals surface area contributed by atoms with Crippen LogP contribution in [-0.4, -0.2) is 62.4 Å². The topological polar surface area (TPSA) is 96.0 Å². The monoisotopic (exact) mass is 375 g/mol. The molecule has 27 heavy (non-hydrogen) atoms. The molecule has 0 bridgehead atoms. The number of anilines is 1. The SMILES string of the molecule is CCc1ccccc1N1C[C@H](C(=O)OCC(=O)N(C)CC(=O)NC)CC1=O. The van der Waals surface area contributed by atoms with Gasteiger partial charge < -0.3 is 19.9 Å². The fourth-order valence-corrected chi connectivity index (χ4v) is 2.91. The highest BCUT2D eigenvalue weighted by Crippen LogP contribution is 2.29. The van der Waals surface area contributed by atoms with Gasteiger partial charge in [-0.25, -0.2) is 0 Å². The number of hydrogen-bond acceptors (Lipinski definition) is 5. The van der Waals surface area contributed by atoms with Crippen LogP contribution in [0, 0.1) is 5.92 Å². The van der Waals surface area contributed by atoms with E-state index in [4.69, 9.17) is 4.74 Å². The van der Waals surface area contributed by atoms with E-state index in [2.05, 4.69) is 5.32 Å². The average molecular weight is 375 g/mol. The minimum atomic E-state index is -0.612. The fraction of sp³-hybridized carbons (Fsp3) is 0.474. The third kappa shape index (κ3) is 5.06. The number of rotatable bonds is 7. The Balaban J connectivity index is 1.92. The van der Waals surface area contributed by atoms with Gasteiger partial charge in [0, 0.05) is 32.7 Å². The summed E-state index contributed by atoms with van der Waals surface area (Å²) in [6, 6.07) is 7.58. The summed E-state index contributed by atoms with van der Waals surface area (Å²) in [6.45, 7) is 1.67. The Labute approximate surface area is 158 Å². The van der Waals surface area contributed by atoms with Crippen molar-refractivity contribution in [1.29, 1.82) is 0 Å². The van der Waals surface area contributed by atoms with Crippen LogP contribution >= 0.6 is 0 Å². The highest BCUT2D eigenvalue weighted by molar-refractivity contribution is 6.00. The van der Waals surface area contributed by atoms with Crippen molar-refractivity contribution >= 4 is 29.4 Å². The molecule has 2 rings (SSSR count). The average Bonchev–Trinajstić information content (AvgIpc) is 3.06. The molecule has 1 N–H and O–H groups in total. The van der Waals surface area contributed by atoms with Gasteiger partial charge in [-0.05, 0) is 18.1 Å². The number of nitrogens with one attached hydrogen (secondary N) is 1. The van der Waals surface area contributed by atoms with E-state index in [0.717, 1.165) is 17.7 Å². The largest absolute Gasteiger partial charge is 0.455 e. The maximum Gasteiger partial charge on any atom is 0.311 e. The van der Waals surface area contributed by atoms with Crippen molar-refractivity contribution < 1.29 is 23.9 Å². The van der Waals surface area contributed by atoms with Crippen LogP contribution in [0.15, 0.2) is 24.3 Å². The summed E-state index contributed by atoms with van der Waals surface area (Å²) in [5.74, 6) is -2.13. The number of nitrogens with zero attached hydrogens (tertiary/aromatic N) is 2. The first-order valence-electron chi connectivity index (χ1n) is 8.86. The van der Waals surface area contributed by atoms with Gasteiger partial charge in [-0.2, -0.15) is 0 Å². The Bertz CT molecular complexity index is 734. The van der Waals surface area contributed by atoms with E-state index in [1.54, 1.807) is 4.90 Å². The molecule has 1 aromatic carbocycles. The number of esters is 1. The predicted octanol–water partition coefficient (Wildman–Crippen LogP) is 0.350. The van der Waals surface area contributed by atoms with Crippen LogP contribution in [0.5, 0.6) is 0 Å². The number of amides is 3. The second-order valence-electron chi connectivity index (χ2n) is 6.42. The van der Waals surface area contributed by atoms with Crippen molar-refractivity contribution in [2.24, 2.45) is 5.92 Å². The summed E-state index contributed by atoms with van der Waals surface area (Å²) in [7, 11) is 2.92. The highest BCUT2D eigenvalue weighted by atomic mass is 16.5. The molecule has 8 heteroatoms.